The second kappa shape index (κ2) is 8.82. The molecular formula is C23H18F3NO3. The number of aliphatic carboxylic acids is 1. The molecule has 1 amide bonds. The Kier molecular flexibility index (Phi) is 6.20. The summed E-state index contributed by atoms with van der Waals surface area (Å²) in [5.41, 5.74) is 1.77. The molecule has 1 atom stereocenters. The molecule has 154 valence electrons. The van der Waals surface area contributed by atoms with Gasteiger partial charge in [0.1, 0.15) is 6.04 Å². The van der Waals surface area contributed by atoms with Crippen LogP contribution in [0.2, 0.25) is 0 Å². The third-order valence-electron chi connectivity index (χ3n) is 4.58. The quantitative estimate of drug-likeness (QED) is 0.610. The van der Waals surface area contributed by atoms with E-state index in [9.17, 15) is 27.9 Å². The van der Waals surface area contributed by atoms with Gasteiger partial charge in [0.2, 0.25) is 0 Å². The molecule has 3 aromatic carbocycles. The van der Waals surface area contributed by atoms with Gasteiger partial charge in [-0.25, -0.2) is 4.79 Å². The van der Waals surface area contributed by atoms with Crippen molar-refractivity contribution < 1.29 is 27.9 Å². The van der Waals surface area contributed by atoms with Gasteiger partial charge in [-0.05, 0) is 41.0 Å². The Labute approximate surface area is 171 Å². The van der Waals surface area contributed by atoms with Crippen LogP contribution in [0.3, 0.4) is 0 Å². The monoisotopic (exact) mass is 413 g/mol. The minimum absolute atomic E-state index is 0.0385. The summed E-state index contributed by atoms with van der Waals surface area (Å²) in [5.74, 6) is -1.99. The van der Waals surface area contributed by atoms with Crippen LogP contribution < -0.4 is 5.32 Å². The number of alkyl halides is 3. The van der Waals surface area contributed by atoms with Gasteiger partial charge in [-0.2, -0.15) is 13.2 Å². The largest absolute Gasteiger partial charge is 0.480 e. The molecular weight excluding hydrogens is 395 g/mol. The molecule has 3 aromatic rings. The molecule has 0 fully saturated rings. The number of carboxylic acid groups (broad SMARTS) is 1. The number of hydrogen-bond acceptors (Lipinski definition) is 2. The van der Waals surface area contributed by atoms with E-state index < -0.39 is 29.7 Å². The first-order valence-electron chi connectivity index (χ1n) is 9.09. The van der Waals surface area contributed by atoms with Crippen molar-refractivity contribution in [2.24, 2.45) is 0 Å². The van der Waals surface area contributed by atoms with Gasteiger partial charge in [0.05, 0.1) is 5.56 Å². The Morgan fingerprint density at radius 3 is 1.93 bits per heavy atom. The van der Waals surface area contributed by atoms with Gasteiger partial charge in [-0.15, -0.1) is 0 Å². The number of halogens is 3. The first kappa shape index (κ1) is 21.1. The fourth-order valence-electron chi connectivity index (χ4n) is 2.95. The maximum Gasteiger partial charge on any atom is 0.416 e. The van der Waals surface area contributed by atoms with Crippen LogP contribution in [0.1, 0.15) is 21.5 Å². The number of hydrogen-bond donors (Lipinski definition) is 2. The van der Waals surface area contributed by atoms with E-state index in [-0.39, 0.29) is 12.0 Å². The van der Waals surface area contributed by atoms with Crippen molar-refractivity contribution in [2.45, 2.75) is 18.6 Å². The van der Waals surface area contributed by atoms with Crippen LogP contribution in [-0.2, 0) is 17.4 Å². The molecule has 0 saturated carbocycles. The zero-order valence-electron chi connectivity index (χ0n) is 15.7. The predicted molar refractivity (Wildman–Crippen MR) is 106 cm³/mol. The van der Waals surface area contributed by atoms with Crippen molar-refractivity contribution >= 4 is 11.9 Å². The zero-order valence-corrected chi connectivity index (χ0v) is 15.7. The van der Waals surface area contributed by atoms with Crippen LogP contribution in [0.25, 0.3) is 11.1 Å². The molecule has 0 aromatic heterocycles. The highest BCUT2D eigenvalue weighted by Gasteiger charge is 2.30. The minimum atomic E-state index is -4.51. The lowest BCUT2D eigenvalue weighted by Crippen LogP contribution is -2.42. The molecule has 0 unspecified atom stereocenters. The fraction of sp³-hybridized carbons (Fsp3) is 0.130. The summed E-state index contributed by atoms with van der Waals surface area (Å²) in [6.45, 7) is 0. The Morgan fingerprint density at radius 2 is 1.40 bits per heavy atom. The van der Waals surface area contributed by atoms with Crippen molar-refractivity contribution in [1.29, 1.82) is 0 Å². The highest BCUT2D eigenvalue weighted by molar-refractivity contribution is 5.96. The highest BCUT2D eigenvalue weighted by atomic mass is 19.4. The van der Waals surface area contributed by atoms with Crippen molar-refractivity contribution in [2.75, 3.05) is 0 Å². The molecule has 0 heterocycles. The molecule has 0 bridgehead atoms. The maximum atomic E-state index is 12.6. The summed E-state index contributed by atoms with van der Waals surface area (Å²) < 4.78 is 37.9. The fourth-order valence-corrected chi connectivity index (χ4v) is 2.95. The zero-order chi connectivity index (χ0) is 21.7. The van der Waals surface area contributed by atoms with Gasteiger partial charge >= 0.3 is 12.1 Å². The summed E-state index contributed by atoms with van der Waals surface area (Å²) >= 11 is 0. The van der Waals surface area contributed by atoms with Gasteiger partial charge in [0.25, 0.3) is 5.91 Å². The van der Waals surface area contributed by atoms with Crippen LogP contribution >= 0.6 is 0 Å². The molecule has 7 heteroatoms. The first-order chi connectivity index (χ1) is 14.2. The molecule has 0 spiro atoms. The average molecular weight is 413 g/mol. The third-order valence-corrected chi connectivity index (χ3v) is 4.58. The van der Waals surface area contributed by atoms with E-state index in [1.54, 1.807) is 12.1 Å². The van der Waals surface area contributed by atoms with Crippen LogP contribution in [0.5, 0.6) is 0 Å². The first-order valence-corrected chi connectivity index (χ1v) is 9.09. The normalized spacial score (nSPS) is 12.2. The molecule has 4 nitrogen and oxygen atoms in total. The molecule has 0 aliphatic rings. The van der Waals surface area contributed by atoms with Gasteiger partial charge in [0, 0.05) is 12.0 Å². The van der Waals surface area contributed by atoms with Gasteiger partial charge in [-0.1, -0.05) is 54.6 Å². The number of amides is 1. The second-order valence-electron chi connectivity index (χ2n) is 6.71. The SMILES string of the molecule is O=C(N[C@H](Cc1ccc(-c2ccccc2)cc1)C(=O)O)c1ccc(C(F)(F)F)cc1. The molecule has 30 heavy (non-hydrogen) atoms. The predicted octanol–water partition coefficient (Wildman–Crippen LogP) is 4.80. The maximum absolute atomic E-state index is 12.6. The second-order valence-corrected chi connectivity index (χ2v) is 6.71. The van der Waals surface area contributed by atoms with E-state index in [1.807, 2.05) is 42.5 Å². The Bertz CT molecular complexity index is 1010. The Hall–Kier alpha value is -3.61. The van der Waals surface area contributed by atoms with E-state index in [0.29, 0.717) is 5.56 Å². The molecule has 0 radical (unpaired) electrons. The third kappa shape index (κ3) is 5.26. The molecule has 0 aliphatic heterocycles. The molecule has 2 N–H and O–H groups in total. The lowest BCUT2D eigenvalue weighted by Gasteiger charge is -2.15. The summed E-state index contributed by atoms with van der Waals surface area (Å²) in [6.07, 6.45) is -4.47. The van der Waals surface area contributed by atoms with E-state index in [4.69, 9.17) is 0 Å². The lowest BCUT2D eigenvalue weighted by molar-refractivity contribution is -0.139. The number of carbonyl (C=O) groups excluding carboxylic acids is 1. The Balaban J connectivity index is 1.69. The summed E-state index contributed by atoms with van der Waals surface area (Å²) in [6, 6.07) is 19.3. The Morgan fingerprint density at radius 1 is 0.833 bits per heavy atom. The molecule has 3 rings (SSSR count). The van der Waals surface area contributed by atoms with E-state index >= 15 is 0 Å². The van der Waals surface area contributed by atoms with Gasteiger partial charge in [0.15, 0.2) is 0 Å². The summed E-state index contributed by atoms with van der Waals surface area (Å²) in [7, 11) is 0. The number of rotatable bonds is 6. The topological polar surface area (TPSA) is 66.4 Å². The van der Waals surface area contributed by atoms with Crippen molar-refractivity contribution in [3.05, 3.63) is 95.6 Å². The average Bonchev–Trinajstić information content (AvgIpc) is 2.74. The molecule has 0 aliphatic carbocycles. The number of benzene rings is 3. The van der Waals surface area contributed by atoms with Crippen LogP contribution in [0, 0.1) is 0 Å². The van der Waals surface area contributed by atoms with Crippen molar-refractivity contribution in [1.82, 2.24) is 5.32 Å². The lowest BCUT2D eigenvalue weighted by atomic mass is 10.0. The van der Waals surface area contributed by atoms with Gasteiger partial charge < -0.3 is 10.4 Å². The van der Waals surface area contributed by atoms with Crippen LogP contribution in [0.4, 0.5) is 13.2 Å². The van der Waals surface area contributed by atoms with E-state index in [1.165, 1.54) is 0 Å². The summed E-state index contributed by atoms with van der Waals surface area (Å²) in [4.78, 5) is 23.9. The van der Waals surface area contributed by atoms with Gasteiger partial charge in [-0.3, -0.25) is 4.79 Å². The molecule has 0 saturated heterocycles. The minimum Gasteiger partial charge on any atom is -0.480 e. The number of carbonyl (C=O) groups is 2. The number of nitrogens with one attached hydrogen (secondary N) is 1. The standard InChI is InChI=1S/C23H18F3NO3/c24-23(25,26)19-12-10-18(11-13-19)21(28)27-20(22(29)30)14-15-6-8-17(9-7-15)16-4-2-1-3-5-16/h1-13,20H,14H2,(H,27,28)(H,29,30)/t20-/m1/s1. The van der Waals surface area contributed by atoms with E-state index in [2.05, 4.69) is 5.32 Å². The van der Waals surface area contributed by atoms with Crippen molar-refractivity contribution in [3.63, 3.8) is 0 Å². The van der Waals surface area contributed by atoms with Crippen LogP contribution in [0.15, 0.2) is 78.9 Å². The highest BCUT2D eigenvalue weighted by Crippen LogP contribution is 2.29. The van der Waals surface area contributed by atoms with E-state index in [0.717, 1.165) is 35.4 Å². The smallest absolute Gasteiger partial charge is 0.416 e. The summed E-state index contributed by atoms with van der Waals surface area (Å²) in [5, 5.41) is 11.8. The number of carboxylic acids is 1. The van der Waals surface area contributed by atoms with Crippen LogP contribution in [-0.4, -0.2) is 23.0 Å². The van der Waals surface area contributed by atoms with Crippen molar-refractivity contribution in [3.8, 4) is 11.1 Å².